The van der Waals surface area contributed by atoms with Gasteiger partial charge >= 0.3 is 0 Å². The van der Waals surface area contributed by atoms with Crippen LogP contribution >= 0.6 is 34.2 Å². The molecule has 0 spiro atoms. The average molecular weight is 328 g/mol. The van der Waals surface area contributed by atoms with Crippen LogP contribution in [0, 0.1) is 14.9 Å². The first-order valence-corrected chi connectivity index (χ1v) is 5.15. The van der Waals surface area contributed by atoms with Crippen LogP contribution in [0.3, 0.4) is 0 Å². The second kappa shape index (κ2) is 4.84. The van der Waals surface area contributed by atoms with Crippen LogP contribution in [0.4, 0.5) is 8.78 Å². The topological polar surface area (TPSA) is 36.7 Å². The maximum Gasteiger partial charge on any atom is 0.266 e. The van der Waals surface area contributed by atoms with Gasteiger partial charge in [-0.2, -0.15) is 5.26 Å². The summed E-state index contributed by atoms with van der Waals surface area (Å²) in [5, 5.41) is 8.57. The van der Waals surface area contributed by atoms with Crippen LogP contribution in [0.25, 0.3) is 0 Å². The Balaban J connectivity index is 3.36. The SMILES string of the molecule is N#Cc1cc(I)c(C(F)F)c(CCl)n1. The molecule has 0 atom stereocenters. The molecular weight excluding hydrogens is 324 g/mol. The number of alkyl halides is 3. The molecule has 1 rings (SSSR count). The van der Waals surface area contributed by atoms with E-state index in [2.05, 4.69) is 4.98 Å². The van der Waals surface area contributed by atoms with Crippen molar-refractivity contribution in [1.29, 1.82) is 5.26 Å². The summed E-state index contributed by atoms with van der Waals surface area (Å²) in [4.78, 5) is 3.71. The Bertz CT molecular complexity index is 390. The molecule has 0 aromatic carbocycles. The largest absolute Gasteiger partial charge is 0.266 e. The Labute approximate surface area is 98.0 Å². The number of halogens is 4. The van der Waals surface area contributed by atoms with Gasteiger partial charge in [0.15, 0.2) is 0 Å². The standard InChI is InChI=1S/C8H4ClF2IN2/c9-2-6-7(8(10)11)5(12)1-4(3-13)14-6/h1,8H,2H2. The normalized spacial score (nSPS) is 10.3. The average Bonchev–Trinajstić information content (AvgIpc) is 2.15. The molecule has 0 fully saturated rings. The van der Waals surface area contributed by atoms with Gasteiger partial charge in [0, 0.05) is 3.57 Å². The van der Waals surface area contributed by atoms with E-state index in [-0.39, 0.29) is 22.8 Å². The molecule has 0 aliphatic heterocycles. The minimum atomic E-state index is -2.61. The molecule has 14 heavy (non-hydrogen) atoms. The molecule has 1 aromatic rings. The van der Waals surface area contributed by atoms with Crippen molar-refractivity contribution in [2.45, 2.75) is 12.3 Å². The van der Waals surface area contributed by atoms with E-state index in [4.69, 9.17) is 16.9 Å². The van der Waals surface area contributed by atoms with E-state index in [1.807, 2.05) is 0 Å². The Morgan fingerprint density at radius 1 is 1.64 bits per heavy atom. The number of hydrogen-bond acceptors (Lipinski definition) is 2. The van der Waals surface area contributed by atoms with Gasteiger partial charge in [0.05, 0.1) is 17.1 Å². The van der Waals surface area contributed by atoms with Crippen LogP contribution in [0.5, 0.6) is 0 Å². The molecule has 0 aliphatic rings. The summed E-state index contributed by atoms with van der Waals surface area (Å²) in [6, 6.07) is 3.11. The number of nitrogens with zero attached hydrogens (tertiary/aromatic N) is 2. The van der Waals surface area contributed by atoms with Gasteiger partial charge < -0.3 is 0 Å². The van der Waals surface area contributed by atoms with Gasteiger partial charge in [0.25, 0.3) is 6.43 Å². The van der Waals surface area contributed by atoms with Crippen molar-refractivity contribution in [2.75, 3.05) is 0 Å². The van der Waals surface area contributed by atoms with Crippen molar-refractivity contribution in [2.24, 2.45) is 0 Å². The van der Waals surface area contributed by atoms with Crippen molar-refractivity contribution < 1.29 is 8.78 Å². The molecule has 2 nitrogen and oxygen atoms in total. The highest BCUT2D eigenvalue weighted by molar-refractivity contribution is 14.1. The van der Waals surface area contributed by atoms with Gasteiger partial charge in [-0.15, -0.1) is 11.6 Å². The third kappa shape index (κ3) is 2.30. The fourth-order valence-corrected chi connectivity index (χ4v) is 2.01. The summed E-state index contributed by atoms with van der Waals surface area (Å²) in [5.74, 6) is -0.120. The van der Waals surface area contributed by atoms with Crippen LogP contribution in [-0.4, -0.2) is 4.98 Å². The molecule has 0 bridgehead atoms. The highest BCUT2D eigenvalue weighted by Gasteiger charge is 2.18. The Kier molecular flexibility index (Phi) is 4.01. The summed E-state index contributed by atoms with van der Waals surface area (Å²) < 4.78 is 25.4. The molecule has 0 radical (unpaired) electrons. The second-order valence-corrected chi connectivity index (χ2v) is 3.83. The maximum atomic E-state index is 12.5. The molecule has 0 amide bonds. The Hall–Kier alpha value is -0.480. The summed E-state index contributed by atoms with van der Waals surface area (Å²) >= 11 is 7.21. The molecule has 0 aliphatic carbocycles. The predicted molar refractivity (Wildman–Crippen MR) is 56.2 cm³/mol. The van der Waals surface area contributed by atoms with Crippen LogP contribution in [0.1, 0.15) is 23.4 Å². The number of rotatable bonds is 2. The monoisotopic (exact) mass is 328 g/mol. The number of hydrogen-bond donors (Lipinski definition) is 0. The van der Waals surface area contributed by atoms with Crippen molar-refractivity contribution >= 4 is 34.2 Å². The zero-order valence-corrected chi connectivity index (χ0v) is 9.68. The molecular formula is C8H4ClF2IN2. The molecule has 0 saturated carbocycles. The van der Waals surface area contributed by atoms with Crippen LogP contribution in [0.2, 0.25) is 0 Å². The fourth-order valence-electron chi connectivity index (χ4n) is 0.963. The molecule has 6 heteroatoms. The second-order valence-electron chi connectivity index (χ2n) is 2.40. The Morgan fingerprint density at radius 3 is 2.71 bits per heavy atom. The lowest BCUT2D eigenvalue weighted by atomic mass is 10.2. The first-order valence-electron chi connectivity index (χ1n) is 3.53. The van der Waals surface area contributed by atoms with E-state index in [0.717, 1.165) is 0 Å². The van der Waals surface area contributed by atoms with Gasteiger partial charge in [0.1, 0.15) is 11.8 Å². The highest BCUT2D eigenvalue weighted by atomic mass is 127. The van der Waals surface area contributed by atoms with Crippen molar-refractivity contribution in [3.05, 3.63) is 26.6 Å². The van der Waals surface area contributed by atoms with Crippen molar-refractivity contribution in [1.82, 2.24) is 4.98 Å². The van der Waals surface area contributed by atoms with Gasteiger partial charge in [0.2, 0.25) is 0 Å². The lowest BCUT2D eigenvalue weighted by molar-refractivity contribution is 0.149. The lowest BCUT2D eigenvalue weighted by Gasteiger charge is -2.07. The van der Waals surface area contributed by atoms with Crippen molar-refractivity contribution in [3.8, 4) is 6.07 Å². The number of nitriles is 1. The van der Waals surface area contributed by atoms with Crippen LogP contribution in [0.15, 0.2) is 6.07 Å². The first-order chi connectivity index (χ1) is 6.60. The predicted octanol–water partition coefficient (Wildman–Crippen LogP) is 3.23. The quantitative estimate of drug-likeness (QED) is 0.617. The number of aromatic nitrogens is 1. The molecule has 1 aromatic heterocycles. The van der Waals surface area contributed by atoms with Crippen LogP contribution in [-0.2, 0) is 5.88 Å². The zero-order valence-electron chi connectivity index (χ0n) is 6.77. The summed E-state index contributed by atoms with van der Waals surface area (Å²) in [5.41, 5.74) is -0.000772. The smallest absolute Gasteiger partial charge is 0.240 e. The molecule has 0 N–H and O–H groups in total. The Morgan fingerprint density at radius 2 is 2.29 bits per heavy atom. The zero-order chi connectivity index (χ0) is 10.7. The summed E-state index contributed by atoms with van der Waals surface area (Å²) in [6.07, 6.45) is -2.61. The first kappa shape index (κ1) is 11.6. The van der Waals surface area contributed by atoms with Gasteiger partial charge in [-0.25, -0.2) is 13.8 Å². The minimum absolute atomic E-state index is 0.0742. The van der Waals surface area contributed by atoms with E-state index in [1.165, 1.54) is 6.07 Å². The van der Waals surface area contributed by atoms with E-state index < -0.39 is 6.43 Å². The lowest BCUT2D eigenvalue weighted by Crippen LogP contribution is -2.01. The van der Waals surface area contributed by atoms with E-state index in [9.17, 15) is 8.78 Å². The summed E-state index contributed by atoms with van der Waals surface area (Å²) in [7, 11) is 0. The molecule has 0 saturated heterocycles. The van der Waals surface area contributed by atoms with E-state index >= 15 is 0 Å². The fraction of sp³-hybridized carbons (Fsp3) is 0.250. The van der Waals surface area contributed by atoms with Gasteiger partial charge in [-0.1, -0.05) is 0 Å². The third-order valence-electron chi connectivity index (χ3n) is 1.55. The minimum Gasteiger partial charge on any atom is -0.240 e. The van der Waals surface area contributed by atoms with E-state index in [1.54, 1.807) is 28.7 Å². The maximum absolute atomic E-state index is 12.5. The van der Waals surface area contributed by atoms with Crippen LogP contribution < -0.4 is 0 Å². The highest BCUT2D eigenvalue weighted by Crippen LogP contribution is 2.28. The molecule has 74 valence electrons. The third-order valence-corrected chi connectivity index (χ3v) is 2.69. The van der Waals surface area contributed by atoms with Gasteiger partial charge in [-0.05, 0) is 28.7 Å². The van der Waals surface area contributed by atoms with Gasteiger partial charge in [-0.3, -0.25) is 0 Å². The van der Waals surface area contributed by atoms with E-state index in [0.29, 0.717) is 3.57 Å². The molecule has 0 unspecified atom stereocenters. The van der Waals surface area contributed by atoms with Crippen molar-refractivity contribution in [3.63, 3.8) is 0 Å². The molecule has 1 heterocycles. The number of pyridine rings is 1. The summed E-state index contributed by atoms with van der Waals surface area (Å²) in [6.45, 7) is 0.